The van der Waals surface area contributed by atoms with Crippen LogP contribution in [0.1, 0.15) is 11.6 Å². The van der Waals surface area contributed by atoms with E-state index >= 15 is 0 Å². The summed E-state index contributed by atoms with van der Waals surface area (Å²) in [6.45, 7) is 0.152. The Hall–Kier alpha value is -2.89. The van der Waals surface area contributed by atoms with Crippen molar-refractivity contribution in [2.75, 3.05) is 13.2 Å². The quantitative estimate of drug-likeness (QED) is 0.611. The molecule has 0 bridgehead atoms. The maximum atomic E-state index is 12.1. The van der Waals surface area contributed by atoms with E-state index in [0.717, 1.165) is 16.3 Å². The van der Waals surface area contributed by atoms with E-state index in [-0.39, 0.29) is 19.1 Å². The van der Waals surface area contributed by atoms with Gasteiger partial charge in [0, 0.05) is 11.9 Å². The van der Waals surface area contributed by atoms with Crippen LogP contribution in [0.25, 0.3) is 10.8 Å². The average molecular weight is 350 g/mol. The smallest absolute Gasteiger partial charge is 0.241 e. The van der Waals surface area contributed by atoms with Crippen LogP contribution in [-0.2, 0) is 4.79 Å². The lowest BCUT2D eigenvalue weighted by Crippen LogP contribution is -2.40. The first kappa shape index (κ1) is 17.9. The number of carbonyl (C=O) groups is 1. The summed E-state index contributed by atoms with van der Waals surface area (Å²) in [6.07, 6.45) is -0.833. The van der Waals surface area contributed by atoms with Crippen LogP contribution in [0.4, 0.5) is 0 Å². The molecule has 0 saturated heterocycles. The third-order valence-corrected chi connectivity index (χ3v) is 4.13. The van der Waals surface area contributed by atoms with Crippen LogP contribution in [0.15, 0.2) is 72.8 Å². The zero-order valence-electron chi connectivity index (χ0n) is 14.3. The van der Waals surface area contributed by atoms with Crippen molar-refractivity contribution in [1.82, 2.24) is 5.32 Å². The second-order valence-electron chi connectivity index (χ2n) is 6.08. The standard InChI is InChI=1S/C21H22N2O3/c22-20(16-8-2-1-3-9-16)21(25)23-13-17(24)14-26-19-12-6-10-15-7-4-5-11-18(15)19/h1-12,17,20,24H,13-14,22H2,(H,23,25)/t17?,20-/m0/s1. The number of nitrogens with two attached hydrogens (primary N) is 1. The summed E-state index contributed by atoms with van der Waals surface area (Å²) in [4.78, 5) is 12.1. The molecule has 0 aliphatic rings. The zero-order valence-corrected chi connectivity index (χ0v) is 14.3. The van der Waals surface area contributed by atoms with Crippen molar-refractivity contribution in [2.24, 2.45) is 5.73 Å². The van der Waals surface area contributed by atoms with E-state index in [2.05, 4.69) is 5.32 Å². The number of carbonyl (C=O) groups excluding carboxylic acids is 1. The Morgan fingerprint density at radius 1 is 1.00 bits per heavy atom. The number of amides is 1. The molecule has 3 aromatic carbocycles. The third-order valence-electron chi connectivity index (χ3n) is 4.13. The van der Waals surface area contributed by atoms with Crippen LogP contribution in [-0.4, -0.2) is 30.3 Å². The predicted octanol–water partition coefficient (Wildman–Crippen LogP) is 2.40. The van der Waals surface area contributed by atoms with E-state index in [1.54, 1.807) is 12.1 Å². The van der Waals surface area contributed by atoms with Gasteiger partial charge in [0.1, 0.15) is 24.5 Å². The molecule has 1 amide bonds. The van der Waals surface area contributed by atoms with Crippen molar-refractivity contribution < 1.29 is 14.6 Å². The molecule has 3 rings (SSSR count). The Balaban J connectivity index is 1.51. The van der Waals surface area contributed by atoms with Gasteiger partial charge in [-0.3, -0.25) is 4.79 Å². The van der Waals surface area contributed by atoms with Crippen LogP contribution in [0.2, 0.25) is 0 Å². The molecule has 5 heteroatoms. The Kier molecular flexibility index (Phi) is 5.84. The number of benzene rings is 3. The number of fused-ring (bicyclic) bond motifs is 1. The van der Waals surface area contributed by atoms with Gasteiger partial charge in [-0.2, -0.15) is 0 Å². The number of nitrogens with one attached hydrogen (secondary N) is 1. The second-order valence-corrected chi connectivity index (χ2v) is 6.08. The van der Waals surface area contributed by atoms with Gasteiger partial charge in [0.25, 0.3) is 0 Å². The highest BCUT2D eigenvalue weighted by Gasteiger charge is 2.16. The van der Waals surface area contributed by atoms with Crippen molar-refractivity contribution in [1.29, 1.82) is 0 Å². The van der Waals surface area contributed by atoms with E-state index < -0.39 is 12.1 Å². The molecular weight excluding hydrogens is 328 g/mol. The molecule has 2 atom stereocenters. The molecule has 1 unspecified atom stereocenters. The molecular formula is C21H22N2O3. The van der Waals surface area contributed by atoms with E-state index in [4.69, 9.17) is 10.5 Å². The summed E-state index contributed by atoms with van der Waals surface area (Å²) < 4.78 is 5.73. The monoisotopic (exact) mass is 350 g/mol. The highest BCUT2D eigenvalue weighted by Crippen LogP contribution is 2.25. The summed E-state index contributed by atoms with van der Waals surface area (Å²) in [5.74, 6) is 0.370. The highest BCUT2D eigenvalue weighted by atomic mass is 16.5. The largest absolute Gasteiger partial charge is 0.490 e. The minimum atomic E-state index is -0.833. The van der Waals surface area contributed by atoms with Gasteiger partial charge in [0.15, 0.2) is 0 Å². The third kappa shape index (κ3) is 4.39. The molecule has 134 valence electrons. The molecule has 5 nitrogen and oxygen atoms in total. The fourth-order valence-corrected chi connectivity index (χ4v) is 2.71. The van der Waals surface area contributed by atoms with Gasteiger partial charge in [0.2, 0.25) is 5.91 Å². The maximum Gasteiger partial charge on any atom is 0.241 e. The van der Waals surface area contributed by atoms with E-state index in [1.165, 1.54) is 0 Å². The molecule has 0 fully saturated rings. The Bertz CT molecular complexity index is 862. The molecule has 0 aliphatic carbocycles. The number of hydrogen-bond acceptors (Lipinski definition) is 4. The maximum absolute atomic E-state index is 12.1. The van der Waals surface area contributed by atoms with Gasteiger partial charge in [-0.05, 0) is 17.0 Å². The van der Waals surface area contributed by atoms with Crippen molar-refractivity contribution >= 4 is 16.7 Å². The fourth-order valence-electron chi connectivity index (χ4n) is 2.71. The van der Waals surface area contributed by atoms with Gasteiger partial charge in [0.05, 0.1) is 0 Å². The second kappa shape index (κ2) is 8.47. The van der Waals surface area contributed by atoms with Crippen molar-refractivity contribution in [2.45, 2.75) is 12.1 Å². The fraction of sp³-hybridized carbons (Fsp3) is 0.190. The first-order valence-corrected chi connectivity index (χ1v) is 8.52. The number of ether oxygens (including phenoxy) is 1. The van der Waals surface area contributed by atoms with Gasteiger partial charge in [-0.1, -0.05) is 66.7 Å². The van der Waals surface area contributed by atoms with Crippen LogP contribution >= 0.6 is 0 Å². The van der Waals surface area contributed by atoms with Crippen LogP contribution in [0.3, 0.4) is 0 Å². The molecule has 0 aliphatic heterocycles. The summed E-state index contributed by atoms with van der Waals surface area (Å²) >= 11 is 0. The number of rotatable bonds is 7. The Labute approximate surface area is 152 Å². The SMILES string of the molecule is N[C@H](C(=O)NCC(O)COc1cccc2ccccc12)c1ccccc1. The molecule has 0 aromatic heterocycles. The topological polar surface area (TPSA) is 84.6 Å². The number of aliphatic hydroxyl groups excluding tert-OH is 1. The number of hydrogen-bond donors (Lipinski definition) is 3. The summed E-state index contributed by atoms with van der Waals surface area (Å²) in [6, 6.07) is 22.0. The van der Waals surface area contributed by atoms with Crippen molar-refractivity contribution in [3.63, 3.8) is 0 Å². The first-order valence-electron chi connectivity index (χ1n) is 8.52. The molecule has 0 heterocycles. The van der Waals surface area contributed by atoms with E-state index in [1.807, 2.05) is 60.7 Å². The summed E-state index contributed by atoms with van der Waals surface area (Å²) in [5.41, 5.74) is 6.66. The zero-order chi connectivity index (χ0) is 18.4. The van der Waals surface area contributed by atoms with Crippen molar-refractivity contribution in [3.05, 3.63) is 78.4 Å². The lowest BCUT2D eigenvalue weighted by molar-refractivity contribution is -0.123. The lowest BCUT2D eigenvalue weighted by Gasteiger charge is -2.16. The number of aliphatic hydroxyl groups is 1. The Morgan fingerprint density at radius 2 is 1.69 bits per heavy atom. The minimum Gasteiger partial charge on any atom is -0.490 e. The lowest BCUT2D eigenvalue weighted by atomic mass is 10.1. The van der Waals surface area contributed by atoms with Gasteiger partial charge in [-0.25, -0.2) is 0 Å². The Morgan fingerprint density at radius 3 is 2.50 bits per heavy atom. The highest BCUT2D eigenvalue weighted by molar-refractivity contribution is 5.88. The van der Waals surface area contributed by atoms with Crippen LogP contribution in [0.5, 0.6) is 5.75 Å². The van der Waals surface area contributed by atoms with Gasteiger partial charge < -0.3 is 20.9 Å². The van der Waals surface area contributed by atoms with E-state index in [9.17, 15) is 9.90 Å². The molecule has 0 radical (unpaired) electrons. The van der Waals surface area contributed by atoms with Crippen LogP contribution < -0.4 is 15.8 Å². The molecule has 0 spiro atoms. The van der Waals surface area contributed by atoms with Crippen molar-refractivity contribution in [3.8, 4) is 5.75 Å². The molecule has 0 saturated carbocycles. The molecule has 3 aromatic rings. The molecule has 26 heavy (non-hydrogen) atoms. The summed E-state index contributed by atoms with van der Waals surface area (Å²) in [5, 5.41) is 14.8. The summed E-state index contributed by atoms with van der Waals surface area (Å²) in [7, 11) is 0. The van der Waals surface area contributed by atoms with E-state index in [0.29, 0.717) is 5.75 Å². The predicted molar refractivity (Wildman–Crippen MR) is 102 cm³/mol. The average Bonchev–Trinajstić information content (AvgIpc) is 2.70. The first-order chi connectivity index (χ1) is 12.6. The minimum absolute atomic E-state index is 0.0735. The normalized spacial score (nSPS) is 13.2. The van der Waals surface area contributed by atoms with Gasteiger partial charge in [-0.15, -0.1) is 0 Å². The van der Waals surface area contributed by atoms with Gasteiger partial charge >= 0.3 is 0 Å². The van der Waals surface area contributed by atoms with Crippen LogP contribution in [0, 0.1) is 0 Å². The molecule has 4 N–H and O–H groups in total.